The lowest BCUT2D eigenvalue weighted by Crippen LogP contribution is -2.31. The average Bonchev–Trinajstić information content (AvgIpc) is 4.04. The fourth-order valence-corrected chi connectivity index (χ4v) is 13.9. The molecule has 0 spiro atoms. The molecule has 0 fully saturated rings. The van der Waals surface area contributed by atoms with E-state index in [1.54, 1.807) is 0 Å². The van der Waals surface area contributed by atoms with Gasteiger partial charge in [-0.2, -0.15) is 0 Å². The number of benzene rings is 10. The molecule has 1 aliphatic rings. The SMILES string of the molecule is Brc1ccc(CC2(Cc3ccc(Br)cc3)c3ccccc3-c3ccc(N(c4ccc(-c5cccc6c5sc5ccccc56)cc4)c4ccc(-c5cccc6c5sc5ccccc56)cc4)cc32)cc1. The Morgan fingerprint density at radius 1 is 0.353 bits per heavy atom. The fourth-order valence-electron chi connectivity index (χ4n) is 10.9. The van der Waals surface area contributed by atoms with Gasteiger partial charge in [0, 0.05) is 71.8 Å². The number of nitrogens with zero attached hydrogens (tertiary/aromatic N) is 1. The molecular formula is C63H41Br2NS2. The van der Waals surface area contributed by atoms with Gasteiger partial charge >= 0.3 is 0 Å². The summed E-state index contributed by atoms with van der Waals surface area (Å²) in [5, 5.41) is 5.27. The van der Waals surface area contributed by atoms with Gasteiger partial charge in [-0.15, -0.1) is 22.7 Å². The molecule has 1 aliphatic carbocycles. The number of thiophene rings is 2. The van der Waals surface area contributed by atoms with Crippen LogP contribution in [0.2, 0.25) is 0 Å². The molecule has 0 saturated heterocycles. The Morgan fingerprint density at radius 3 is 1.31 bits per heavy atom. The largest absolute Gasteiger partial charge is 0.310 e. The van der Waals surface area contributed by atoms with Gasteiger partial charge in [0.05, 0.1) is 0 Å². The van der Waals surface area contributed by atoms with E-state index >= 15 is 0 Å². The minimum atomic E-state index is -0.325. The molecule has 13 rings (SSSR count). The maximum absolute atomic E-state index is 3.72. The highest BCUT2D eigenvalue weighted by atomic mass is 79.9. The van der Waals surface area contributed by atoms with E-state index in [4.69, 9.17) is 0 Å². The summed E-state index contributed by atoms with van der Waals surface area (Å²) in [4.78, 5) is 2.46. The maximum atomic E-state index is 3.72. The first-order valence-electron chi connectivity index (χ1n) is 23.0. The van der Waals surface area contributed by atoms with Crippen LogP contribution in [-0.2, 0) is 18.3 Å². The Bertz CT molecular complexity index is 3660. The summed E-state index contributed by atoms with van der Waals surface area (Å²) in [6, 6.07) is 83.7. The highest BCUT2D eigenvalue weighted by Crippen LogP contribution is 2.54. The molecule has 10 aromatic carbocycles. The number of hydrogen-bond donors (Lipinski definition) is 0. The molecule has 0 atom stereocenters. The van der Waals surface area contributed by atoms with Crippen LogP contribution in [0.25, 0.3) is 73.7 Å². The lowest BCUT2D eigenvalue weighted by atomic mass is 9.69. The zero-order valence-corrected chi connectivity index (χ0v) is 41.6. The van der Waals surface area contributed by atoms with Crippen molar-refractivity contribution in [2.24, 2.45) is 0 Å². The summed E-state index contributed by atoms with van der Waals surface area (Å²) in [5.74, 6) is 0. The van der Waals surface area contributed by atoms with Crippen molar-refractivity contribution in [2.75, 3.05) is 4.90 Å². The molecule has 324 valence electrons. The standard InChI is InChI=1S/C63H41Br2NS2/c64-44-27-19-40(20-28-44)38-63(39-41-21-29-45(65)30-22-41)57-16-4-1-9-51(57)52-36-35-48(37-58(52)63)66(46-31-23-42(24-32-46)49-12-7-14-55-53-10-2-5-17-59(53)67-61(49)55)47-33-25-43(26-34-47)50-13-8-15-56-54-11-3-6-18-60(54)68-62(50)56/h1-37H,38-39H2. The van der Waals surface area contributed by atoms with Crippen LogP contribution in [-0.4, -0.2) is 0 Å². The van der Waals surface area contributed by atoms with Crippen LogP contribution in [0.1, 0.15) is 22.3 Å². The number of hydrogen-bond acceptors (Lipinski definition) is 3. The van der Waals surface area contributed by atoms with Crippen molar-refractivity contribution in [3.05, 3.63) is 256 Å². The van der Waals surface area contributed by atoms with Crippen LogP contribution >= 0.6 is 54.5 Å². The molecule has 68 heavy (non-hydrogen) atoms. The first-order valence-corrected chi connectivity index (χ1v) is 26.2. The Kier molecular flexibility index (Phi) is 10.3. The number of rotatable bonds is 9. The molecular weight excluding hydrogens is 995 g/mol. The minimum Gasteiger partial charge on any atom is -0.310 e. The molecule has 2 aromatic heterocycles. The van der Waals surface area contributed by atoms with Crippen molar-refractivity contribution in [3.63, 3.8) is 0 Å². The van der Waals surface area contributed by atoms with Gasteiger partial charge in [-0.25, -0.2) is 0 Å². The summed E-state index contributed by atoms with van der Waals surface area (Å²) in [7, 11) is 0. The molecule has 0 unspecified atom stereocenters. The van der Waals surface area contributed by atoms with Crippen LogP contribution in [0.4, 0.5) is 17.1 Å². The normalized spacial score (nSPS) is 12.8. The molecule has 2 heterocycles. The van der Waals surface area contributed by atoms with Gasteiger partial charge in [0.2, 0.25) is 0 Å². The van der Waals surface area contributed by atoms with Crippen molar-refractivity contribution >= 4 is 112 Å². The molecule has 1 nitrogen and oxygen atoms in total. The fraction of sp³-hybridized carbons (Fsp3) is 0.0476. The molecule has 0 radical (unpaired) electrons. The van der Waals surface area contributed by atoms with E-state index in [0.29, 0.717) is 0 Å². The van der Waals surface area contributed by atoms with Gasteiger partial charge in [0.15, 0.2) is 0 Å². The third-order valence-corrected chi connectivity index (χ3v) is 17.5. The predicted octanol–water partition coefficient (Wildman–Crippen LogP) is 19.5. The van der Waals surface area contributed by atoms with Crippen molar-refractivity contribution in [1.29, 1.82) is 0 Å². The third-order valence-electron chi connectivity index (χ3n) is 14.0. The summed E-state index contributed by atoms with van der Waals surface area (Å²) >= 11 is 11.2. The molecule has 0 aliphatic heterocycles. The van der Waals surface area contributed by atoms with E-state index in [1.165, 1.54) is 96.0 Å². The van der Waals surface area contributed by atoms with Crippen molar-refractivity contribution in [1.82, 2.24) is 0 Å². The van der Waals surface area contributed by atoms with Gasteiger partial charge in [-0.1, -0.05) is 184 Å². The van der Waals surface area contributed by atoms with Crippen LogP contribution in [0.5, 0.6) is 0 Å². The third kappa shape index (κ3) is 7.06. The van der Waals surface area contributed by atoms with E-state index in [1.807, 2.05) is 22.7 Å². The lowest BCUT2D eigenvalue weighted by molar-refractivity contribution is 0.520. The van der Waals surface area contributed by atoms with Crippen molar-refractivity contribution in [2.45, 2.75) is 18.3 Å². The molecule has 0 saturated carbocycles. The summed E-state index contributed by atoms with van der Waals surface area (Å²) in [5.41, 5.74) is 16.0. The minimum absolute atomic E-state index is 0.325. The zero-order chi connectivity index (χ0) is 45.3. The maximum Gasteiger partial charge on any atom is 0.0465 e. The zero-order valence-electron chi connectivity index (χ0n) is 36.8. The molecule has 12 aromatic rings. The molecule has 0 bridgehead atoms. The Labute approximate surface area is 420 Å². The smallest absolute Gasteiger partial charge is 0.0465 e. The first-order chi connectivity index (χ1) is 33.5. The molecule has 5 heteroatoms. The quantitative estimate of drug-likeness (QED) is 0.139. The highest BCUT2D eigenvalue weighted by Gasteiger charge is 2.43. The summed E-state index contributed by atoms with van der Waals surface area (Å²) in [6.07, 6.45) is 1.72. The number of anilines is 3. The number of halogens is 2. The van der Waals surface area contributed by atoms with E-state index in [9.17, 15) is 0 Å². The van der Waals surface area contributed by atoms with Gasteiger partial charge in [0.1, 0.15) is 0 Å². The highest BCUT2D eigenvalue weighted by molar-refractivity contribution is 9.10. The van der Waals surface area contributed by atoms with E-state index in [-0.39, 0.29) is 5.41 Å². The van der Waals surface area contributed by atoms with Crippen LogP contribution in [0.3, 0.4) is 0 Å². The van der Waals surface area contributed by atoms with Crippen LogP contribution in [0, 0.1) is 0 Å². The Hall–Kier alpha value is -6.60. The second kappa shape index (κ2) is 16.9. The van der Waals surface area contributed by atoms with Gasteiger partial charge in [-0.05, 0) is 141 Å². The van der Waals surface area contributed by atoms with Gasteiger partial charge < -0.3 is 4.90 Å². The van der Waals surface area contributed by atoms with Gasteiger partial charge in [-0.3, -0.25) is 0 Å². The van der Waals surface area contributed by atoms with Crippen molar-refractivity contribution in [3.8, 4) is 33.4 Å². The van der Waals surface area contributed by atoms with E-state index < -0.39 is 0 Å². The van der Waals surface area contributed by atoms with Gasteiger partial charge in [0.25, 0.3) is 0 Å². The van der Waals surface area contributed by atoms with Crippen LogP contribution in [0.15, 0.2) is 233 Å². The monoisotopic (exact) mass is 1030 g/mol. The van der Waals surface area contributed by atoms with Crippen LogP contribution < -0.4 is 4.90 Å². The van der Waals surface area contributed by atoms with E-state index in [0.717, 1.165) is 38.8 Å². The van der Waals surface area contributed by atoms with Crippen molar-refractivity contribution < 1.29 is 0 Å². The van der Waals surface area contributed by atoms with E-state index in [2.05, 4.69) is 261 Å². The predicted molar refractivity (Wildman–Crippen MR) is 300 cm³/mol. The first kappa shape index (κ1) is 41.6. The second-order valence-electron chi connectivity index (χ2n) is 18.0. The average molecular weight is 1040 g/mol. The topological polar surface area (TPSA) is 3.24 Å². The Balaban J connectivity index is 0.977. The molecule has 0 N–H and O–H groups in total. The molecule has 0 amide bonds. The Morgan fingerprint density at radius 2 is 0.779 bits per heavy atom. The summed E-state index contributed by atoms with van der Waals surface area (Å²) in [6.45, 7) is 0. The summed E-state index contributed by atoms with van der Waals surface area (Å²) < 4.78 is 7.47. The second-order valence-corrected chi connectivity index (χ2v) is 21.9. The number of fused-ring (bicyclic) bond motifs is 9. The lowest BCUT2D eigenvalue weighted by Gasteiger charge is -2.34.